The lowest BCUT2D eigenvalue weighted by Gasteiger charge is -2.03. The summed E-state index contributed by atoms with van der Waals surface area (Å²) in [4.78, 5) is 17.7. The Kier molecular flexibility index (Phi) is 6.48. The number of aliphatic imine (C=N–C) groups is 1. The first-order valence-corrected chi connectivity index (χ1v) is 9.67. The monoisotopic (exact) mass is 377 g/mol. The van der Waals surface area contributed by atoms with Crippen LogP contribution in [0.15, 0.2) is 64.4 Å². The van der Waals surface area contributed by atoms with Crippen LogP contribution in [0.5, 0.6) is 5.75 Å². The Hall–Kier alpha value is -3.08. The van der Waals surface area contributed by atoms with Gasteiger partial charge >= 0.3 is 0 Å². The molecule has 1 N–H and O–H groups in total. The van der Waals surface area contributed by atoms with Crippen LogP contribution in [0.2, 0.25) is 0 Å². The molecule has 146 valence electrons. The van der Waals surface area contributed by atoms with Crippen molar-refractivity contribution in [3.63, 3.8) is 0 Å². The van der Waals surface area contributed by atoms with Crippen molar-refractivity contribution < 1.29 is 4.74 Å². The van der Waals surface area contributed by atoms with Crippen molar-refractivity contribution in [2.24, 2.45) is 4.99 Å². The van der Waals surface area contributed by atoms with E-state index in [1.54, 1.807) is 11.8 Å². The molecular weight excluding hydrogens is 350 g/mol. The predicted octanol–water partition coefficient (Wildman–Crippen LogP) is 4.18. The zero-order valence-corrected chi connectivity index (χ0v) is 16.7. The normalized spacial score (nSPS) is 11.6. The average Bonchev–Trinajstić information content (AvgIpc) is 3.05. The fourth-order valence-electron chi connectivity index (χ4n) is 3.27. The van der Waals surface area contributed by atoms with Gasteiger partial charge in [0.2, 0.25) is 0 Å². The number of para-hydroxylation sites is 1. The lowest BCUT2D eigenvalue weighted by atomic mass is 10.1. The van der Waals surface area contributed by atoms with Crippen LogP contribution in [0.25, 0.3) is 5.69 Å². The number of nitrogens with one attached hydrogen (secondary N) is 1. The molecule has 3 rings (SSSR count). The SMILES string of the molecule is CCCc1[nH]n(-c2ccccc2)c(=O)c1C(C)=NCCc1ccc(OC)cc1. The number of methoxy groups -OCH3 is 1. The molecular formula is C23H27N3O2. The lowest BCUT2D eigenvalue weighted by molar-refractivity contribution is 0.414. The molecule has 0 atom stereocenters. The third kappa shape index (κ3) is 4.42. The fraction of sp³-hybridized carbons (Fsp3) is 0.304. The van der Waals surface area contributed by atoms with E-state index in [4.69, 9.17) is 9.73 Å². The third-order valence-corrected chi connectivity index (χ3v) is 4.75. The van der Waals surface area contributed by atoms with Gasteiger partial charge in [-0.2, -0.15) is 0 Å². The molecule has 5 heteroatoms. The van der Waals surface area contributed by atoms with E-state index in [0.29, 0.717) is 12.1 Å². The van der Waals surface area contributed by atoms with Crippen molar-refractivity contribution in [2.45, 2.75) is 33.1 Å². The van der Waals surface area contributed by atoms with Gasteiger partial charge in [0.1, 0.15) is 5.75 Å². The van der Waals surface area contributed by atoms with Crippen molar-refractivity contribution in [3.8, 4) is 11.4 Å². The largest absolute Gasteiger partial charge is 0.497 e. The quantitative estimate of drug-likeness (QED) is 0.599. The molecule has 0 aliphatic carbocycles. The zero-order valence-electron chi connectivity index (χ0n) is 16.7. The van der Waals surface area contributed by atoms with Crippen molar-refractivity contribution in [1.29, 1.82) is 0 Å². The molecule has 0 fully saturated rings. The summed E-state index contributed by atoms with van der Waals surface area (Å²) >= 11 is 0. The molecule has 2 aromatic carbocycles. The van der Waals surface area contributed by atoms with E-state index < -0.39 is 0 Å². The molecule has 1 aromatic heterocycles. The molecule has 0 unspecified atom stereocenters. The zero-order chi connectivity index (χ0) is 19.9. The highest BCUT2D eigenvalue weighted by Crippen LogP contribution is 2.13. The predicted molar refractivity (Wildman–Crippen MR) is 114 cm³/mol. The van der Waals surface area contributed by atoms with Gasteiger partial charge in [-0.25, -0.2) is 4.68 Å². The summed E-state index contributed by atoms with van der Waals surface area (Å²) in [6, 6.07) is 17.6. The van der Waals surface area contributed by atoms with Gasteiger partial charge in [-0.1, -0.05) is 43.7 Å². The lowest BCUT2D eigenvalue weighted by Crippen LogP contribution is -2.20. The Morgan fingerprint density at radius 3 is 2.43 bits per heavy atom. The number of benzene rings is 2. The Morgan fingerprint density at radius 2 is 1.79 bits per heavy atom. The number of aryl methyl sites for hydroxylation is 1. The van der Waals surface area contributed by atoms with E-state index in [2.05, 4.69) is 12.0 Å². The molecule has 0 saturated heterocycles. The summed E-state index contributed by atoms with van der Waals surface area (Å²) in [7, 11) is 1.66. The van der Waals surface area contributed by atoms with Crippen molar-refractivity contribution >= 4 is 5.71 Å². The third-order valence-electron chi connectivity index (χ3n) is 4.75. The van der Waals surface area contributed by atoms with Crippen LogP contribution >= 0.6 is 0 Å². The summed E-state index contributed by atoms with van der Waals surface area (Å²) in [5.41, 5.74) is 4.42. The second-order valence-electron chi connectivity index (χ2n) is 6.76. The van der Waals surface area contributed by atoms with E-state index >= 15 is 0 Å². The minimum absolute atomic E-state index is 0.0413. The highest BCUT2D eigenvalue weighted by atomic mass is 16.5. The molecule has 5 nitrogen and oxygen atoms in total. The van der Waals surface area contributed by atoms with Crippen LogP contribution in [0.4, 0.5) is 0 Å². The second kappa shape index (κ2) is 9.22. The first kappa shape index (κ1) is 19.7. The maximum atomic E-state index is 13.0. The van der Waals surface area contributed by atoms with Gasteiger partial charge in [0.05, 0.1) is 18.4 Å². The van der Waals surface area contributed by atoms with Gasteiger partial charge in [-0.15, -0.1) is 0 Å². The maximum Gasteiger partial charge on any atom is 0.280 e. The van der Waals surface area contributed by atoms with Gasteiger partial charge in [-0.3, -0.25) is 14.9 Å². The number of H-pyrrole nitrogens is 1. The molecule has 1 heterocycles. The highest BCUT2D eigenvalue weighted by molar-refractivity contribution is 5.99. The van der Waals surface area contributed by atoms with Crippen LogP contribution in [-0.4, -0.2) is 29.1 Å². The van der Waals surface area contributed by atoms with Crippen molar-refractivity contribution in [3.05, 3.63) is 81.8 Å². The van der Waals surface area contributed by atoms with Crippen molar-refractivity contribution in [2.75, 3.05) is 13.7 Å². The molecule has 0 radical (unpaired) electrons. The highest BCUT2D eigenvalue weighted by Gasteiger charge is 2.17. The number of aromatic nitrogens is 2. The van der Waals surface area contributed by atoms with Gasteiger partial charge in [0.15, 0.2) is 0 Å². The van der Waals surface area contributed by atoms with E-state index in [-0.39, 0.29) is 5.56 Å². The molecule has 28 heavy (non-hydrogen) atoms. The number of hydrogen-bond donors (Lipinski definition) is 1. The summed E-state index contributed by atoms with van der Waals surface area (Å²) in [6.07, 6.45) is 2.60. The van der Waals surface area contributed by atoms with Crippen LogP contribution in [0.3, 0.4) is 0 Å². The molecule has 0 bridgehead atoms. The number of rotatable bonds is 8. The van der Waals surface area contributed by atoms with E-state index in [9.17, 15) is 4.79 Å². The molecule has 0 aliphatic rings. The Labute approximate surface area is 165 Å². The summed E-state index contributed by atoms with van der Waals surface area (Å²) < 4.78 is 6.80. The van der Waals surface area contributed by atoms with Crippen LogP contribution in [-0.2, 0) is 12.8 Å². The van der Waals surface area contributed by atoms with Gasteiger partial charge in [-0.05, 0) is 49.6 Å². The second-order valence-corrected chi connectivity index (χ2v) is 6.76. The number of nitrogens with zero attached hydrogens (tertiary/aromatic N) is 2. The molecule has 0 aliphatic heterocycles. The Bertz CT molecular complexity index is 983. The number of ether oxygens (including phenoxy) is 1. The fourth-order valence-corrected chi connectivity index (χ4v) is 3.27. The van der Waals surface area contributed by atoms with Crippen LogP contribution in [0.1, 0.15) is 37.1 Å². The molecule has 3 aromatic rings. The Morgan fingerprint density at radius 1 is 1.07 bits per heavy atom. The Balaban J connectivity index is 1.83. The van der Waals surface area contributed by atoms with E-state index in [1.807, 2.05) is 61.5 Å². The smallest absolute Gasteiger partial charge is 0.280 e. The standard InChI is InChI=1S/C23H27N3O2/c1-4-8-21-22(23(27)26(25-21)19-9-6-5-7-10-19)17(2)24-16-15-18-11-13-20(28-3)14-12-18/h5-7,9-14,25H,4,8,15-16H2,1-3H3. The first-order chi connectivity index (χ1) is 13.6. The number of hydrogen-bond acceptors (Lipinski definition) is 3. The topological polar surface area (TPSA) is 59.4 Å². The minimum Gasteiger partial charge on any atom is -0.497 e. The minimum atomic E-state index is -0.0413. The summed E-state index contributed by atoms with van der Waals surface area (Å²) in [5.74, 6) is 0.849. The van der Waals surface area contributed by atoms with Gasteiger partial charge in [0.25, 0.3) is 5.56 Å². The summed E-state index contributed by atoms with van der Waals surface area (Å²) in [5, 5.41) is 3.28. The van der Waals surface area contributed by atoms with Crippen LogP contribution in [0, 0.1) is 0 Å². The number of aromatic amines is 1. The van der Waals surface area contributed by atoms with Crippen LogP contribution < -0.4 is 10.3 Å². The van der Waals surface area contributed by atoms with Crippen molar-refractivity contribution in [1.82, 2.24) is 9.78 Å². The molecule has 0 saturated carbocycles. The van der Waals surface area contributed by atoms with Gasteiger partial charge < -0.3 is 4.74 Å². The molecule has 0 amide bonds. The molecule has 0 spiro atoms. The summed E-state index contributed by atoms with van der Waals surface area (Å²) in [6.45, 7) is 4.67. The first-order valence-electron chi connectivity index (χ1n) is 9.67. The van der Waals surface area contributed by atoms with Gasteiger partial charge in [0, 0.05) is 18.0 Å². The average molecular weight is 377 g/mol. The van der Waals surface area contributed by atoms with E-state index in [1.165, 1.54) is 5.56 Å². The van der Waals surface area contributed by atoms with E-state index in [0.717, 1.165) is 42.1 Å². The maximum absolute atomic E-state index is 13.0.